The summed E-state index contributed by atoms with van der Waals surface area (Å²) in [5.41, 5.74) is 0.284. The highest BCUT2D eigenvalue weighted by molar-refractivity contribution is 5.85. The van der Waals surface area contributed by atoms with Crippen molar-refractivity contribution in [3.8, 4) is 0 Å². The van der Waals surface area contributed by atoms with Crippen molar-refractivity contribution in [1.29, 1.82) is 0 Å². The van der Waals surface area contributed by atoms with E-state index in [9.17, 15) is 4.79 Å². The third-order valence-electron chi connectivity index (χ3n) is 3.08. The van der Waals surface area contributed by atoms with Crippen LogP contribution in [-0.2, 0) is 11.8 Å². The van der Waals surface area contributed by atoms with E-state index in [-0.39, 0.29) is 11.2 Å². The Morgan fingerprint density at radius 1 is 1.62 bits per heavy atom. The van der Waals surface area contributed by atoms with Crippen LogP contribution in [-0.4, -0.2) is 27.3 Å². The average molecular weight is 223 g/mol. The van der Waals surface area contributed by atoms with E-state index in [0.29, 0.717) is 12.5 Å². The highest BCUT2D eigenvalue weighted by Gasteiger charge is 2.49. The fourth-order valence-corrected chi connectivity index (χ4v) is 1.89. The van der Waals surface area contributed by atoms with Gasteiger partial charge < -0.3 is 4.74 Å². The van der Waals surface area contributed by atoms with E-state index in [1.54, 1.807) is 11.6 Å². The average Bonchev–Trinajstić information content (AvgIpc) is 2.66. The molecule has 1 aromatic heterocycles. The highest BCUT2D eigenvalue weighted by atomic mass is 16.5. The number of aromatic nitrogens is 3. The zero-order chi connectivity index (χ0) is 11.9. The van der Waals surface area contributed by atoms with Crippen LogP contribution in [0.4, 0.5) is 0 Å². The fourth-order valence-electron chi connectivity index (χ4n) is 1.89. The molecule has 1 saturated carbocycles. The summed E-state index contributed by atoms with van der Waals surface area (Å²) in [6.07, 6.45) is 1.10. The Labute approximate surface area is 94.8 Å². The number of carbonyl (C=O) groups is 1. The molecule has 5 nitrogen and oxygen atoms in total. The molecule has 1 aromatic rings. The van der Waals surface area contributed by atoms with Gasteiger partial charge >= 0.3 is 5.97 Å². The molecule has 88 valence electrons. The number of nitrogens with zero attached hydrogens (tertiary/aromatic N) is 3. The van der Waals surface area contributed by atoms with Gasteiger partial charge in [-0.2, -0.15) is 0 Å². The first-order valence-electron chi connectivity index (χ1n) is 5.53. The standard InChI is InChI=1S/C11H17N3O2/c1-5-16-10(15)8-12-9(14(4)13-8)7-6-11(7,2)3/h7H,5-6H2,1-4H3. The lowest BCUT2D eigenvalue weighted by Crippen LogP contribution is -2.07. The number of esters is 1. The molecular weight excluding hydrogens is 206 g/mol. The molecule has 1 aliphatic carbocycles. The maximum atomic E-state index is 11.5. The summed E-state index contributed by atoms with van der Waals surface area (Å²) in [6.45, 7) is 6.50. The monoisotopic (exact) mass is 223 g/mol. The van der Waals surface area contributed by atoms with Crippen molar-refractivity contribution < 1.29 is 9.53 Å². The second-order valence-corrected chi connectivity index (χ2v) is 4.88. The minimum atomic E-state index is -0.442. The first-order valence-corrected chi connectivity index (χ1v) is 5.53. The summed E-state index contributed by atoms with van der Waals surface area (Å²) in [6, 6.07) is 0. The molecule has 1 aliphatic rings. The van der Waals surface area contributed by atoms with E-state index in [1.807, 2.05) is 7.05 Å². The lowest BCUT2D eigenvalue weighted by Gasteiger charge is -2.00. The summed E-state index contributed by atoms with van der Waals surface area (Å²) in [4.78, 5) is 15.7. The lowest BCUT2D eigenvalue weighted by molar-refractivity contribution is 0.0512. The zero-order valence-electron chi connectivity index (χ0n) is 10.1. The van der Waals surface area contributed by atoms with E-state index in [1.165, 1.54) is 0 Å². The molecule has 1 atom stereocenters. The van der Waals surface area contributed by atoms with E-state index in [0.717, 1.165) is 12.2 Å². The van der Waals surface area contributed by atoms with Crippen LogP contribution in [0.2, 0.25) is 0 Å². The maximum Gasteiger partial charge on any atom is 0.378 e. The highest BCUT2D eigenvalue weighted by Crippen LogP contribution is 2.57. The molecule has 1 heterocycles. The predicted octanol–water partition coefficient (Wildman–Crippen LogP) is 1.51. The second kappa shape index (κ2) is 3.57. The van der Waals surface area contributed by atoms with Gasteiger partial charge in [0.15, 0.2) is 0 Å². The van der Waals surface area contributed by atoms with Crippen molar-refractivity contribution in [3.05, 3.63) is 11.6 Å². The predicted molar refractivity (Wildman–Crippen MR) is 58.1 cm³/mol. The van der Waals surface area contributed by atoms with Crippen molar-refractivity contribution >= 4 is 5.97 Å². The Kier molecular flexibility index (Phi) is 2.48. The number of hydrogen-bond acceptors (Lipinski definition) is 4. The number of carbonyl (C=O) groups excluding carboxylic acids is 1. The molecule has 0 aromatic carbocycles. The minimum Gasteiger partial charge on any atom is -0.460 e. The van der Waals surface area contributed by atoms with Gasteiger partial charge in [0.25, 0.3) is 5.82 Å². The molecule has 0 radical (unpaired) electrons. The first-order chi connectivity index (χ1) is 7.45. The van der Waals surface area contributed by atoms with E-state index < -0.39 is 5.97 Å². The van der Waals surface area contributed by atoms with Gasteiger partial charge in [-0.3, -0.25) is 4.68 Å². The topological polar surface area (TPSA) is 57.0 Å². The van der Waals surface area contributed by atoms with Gasteiger partial charge in [-0.25, -0.2) is 9.78 Å². The Hall–Kier alpha value is -1.39. The number of ether oxygens (including phenoxy) is 1. The van der Waals surface area contributed by atoms with Crippen LogP contribution < -0.4 is 0 Å². The molecule has 0 bridgehead atoms. The van der Waals surface area contributed by atoms with Gasteiger partial charge in [0.2, 0.25) is 0 Å². The summed E-state index contributed by atoms with van der Waals surface area (Å²) in [5, 5.41) is 4.09. The number of rotatable bonds is 3. The van der Waals surface area contributed by atoms with E-state index >= 15 is 0 Å². The molecule has 1 unspecified atom stereocenters. The number of hydrogen-bond donors (Lipinski definition) is 0. The Morgan fingerprint density at radius 2 is 2.25 bits per heavy atom. The molecule has 0 amide bonds. The SMILES string of the molecule is CCOC(=O)c1nc(C2CC2(C)C)n(C)n1. The Bertz CT molecular complexity index is 423. The summed E-state index contributed by atoms with van der Waals surface area (Å²) < 4.78 is 6.56. The van der Waals surface area contributed by atoms with Crippen LogP contribution in [0, 0.1) is 5.41 Å². The van der Waals surface area contributed by atoms with Crippen molar-refractivity contribution in [2.45, 2.75) is 33.1 Å². The van der Waals surface area contributed by atoms with Crippen molar-refractivity contribution in [1.82, 2.24) is 14.8 Å². The van der Waals surface area contributed by atoms with E-state index in [2.05, 4.69) is 23.9 Å². The van der Waals surface area contributed by atoms with Crippen LogP contribution in [0.5, 0.6) is 0 Å². The van der Waals surface area contributed by atoms with Crippen LogP contribution >= 0.6 is 0 Å². The van der Waals surface area contributed by atoms with E-state index in [4.69, 9.17) is 4.74 Å². The van der Waals surface area contributed by atoms with Crippen molar-refractivity contribution in [3.63, 3.8) is 0 Å². The van der Waals surface area contributed by atoms with Crippen LogP contribution in [0.3, 0.4) is 0 Å². The Morgan fingerprint density at radius 3 is 2.75 bits per heavy atom. The molecule has 16 heavy (non-hydrogen) atoms. The zero-order valence-corrected chi connectivity index (χ0v) is 10.1. The van der Waals surface area contributed by atoms with Gasteiger partial charge in [-0.15, -0.1) is 5.10 Å². The quantitative estimate of drug-likeness (QED) is 0.729. The molecule has 5 heteroatoms. The molecule has 0 saturated heterocycles. The summed E-state index contributed by atoms with van der Waals surface area (Å²) in [5.74, 6) is 1.02. The third kappa shape index (κ3) is 1.81. The van der Waals surface area contributed by atoms with Gasteiger partial charge in [-0.1, -0.05) is 13.8 Å². The molecule has 0 aliphatic heterocycles. The molecule has 0 spiro atoms. The maximum absolute atomic E-state index is 11.5. The van der Waals surface area contributed by atoms with Gasteiger partial charge in [0, 0.05) is 13.0 Å². The van der Waals surface area contributed by atoms with Crippen molar-refractivity contribution in [2.75, 3.05) is 6.61 Å². The summed E-state index contributed by atoms with van der Waals surface area (Å²) in [7, 11) is 1.82. The third-order valence-corrected chi connectivity index (χ3v) is 3.08. The first kappa shape index (κ1) is 11.1. The second-order valence-electron chi connectivity index (χ2n) is 4.88. The van der Waals surface area contributed by atoms with Gasteiger partial charge in [-0.05, 0) is 18.8 Å². The van der Waals surface area contributed by atoms with Gasteiger partial charge in [0.1, 0.15) is 5.82 Å². The Balaban J connectivity index is 2.20. The number of aryl methyl sites for hydroxylation is 1. The van der Waals surface area contributed by atoms with Crippen LogP contribution in [0.15, 0.2) is 0 Å². The van der Waals surface area contributed by atoms with Gasteiger partial charge in [0.05, 0.1) is 6.61 Å². The molecule has 1 fully saturated rings. The molecule has 2 rings (SSSR count). The fraction of sp³-hybridized carbons (Fsp3) is 0.727. The van der Waals surface area contributed by atoms with Crippen LogP contribution in [0.1, 0.15) is 49.6 Å². The lowest BCUT2D eigenvalue weighted by atomic mass is 10.1. The van der Waals surface area contributed by atoms with Crippen molar-refractivity contribution in [2.24, 2.45) is 12.5 Å². The molecular formula is C11H17N3O2. The molecule has 0 N–H and O–H groups in total. The largest absolute Gasteiger partial charge is 0.460 e. The normalized spacial score (nSPS) is 21.9. The van der Waals surface area contributed by atoms with Crippen LogP contribution in [0.25, 0.3) is 0 Å². The summed E-state index contributed by atoms with van der Waals surface area (Å²) >= 11 is 0. The smallest absolute Gasteiger partial charge is 0.378 e. The minimum absolute atomic E-state index is 0.169.